The molecule has 3 rings (SSSR count). The van der Waals surface area contributed by atoms with Crippen molar-refractivity contribution in [1.29, 1.82) is 0 Å². The summed E-state index contributed by atoms with van der Waals surface area (Å²) in [5.74, 6) is -2.95. The van der Waals surface area contributed by atoms with Crippen molar-refractivity contribution in [2.24, 2.45) is 0 Å². The number of benzene rings is 2. The first kappa shape index (κ1) is 23.1. The van der Waals surface area contributed by atoms with Crippen LogP contribution in [0.5, 0.6) is 0 Å². The monoisotopic (exact) mass is 442 g/mol. The lowest BCUT2D eigenvalue weighted by Gasteiger charge is -2.25. The number of likely N-dealkylation sites (tertiary alicyclic amines) is 1. The number of ether oxygens (including phenoxy) is 1. The lowest BCUT2D eigenvalue weighted by molar-refractivity contribution is -0.384. The lowest BCUT2D eigenvalue weighted by Crippen LogP contribution is -2.31. The second-order valence-corrected chi connectivity index (χ2v) is 7.59. The van der Waals surface area contributed by atoms with Crippen molar-refractivity contribution in [3.8, 4) is 0 Å². The quantitative estimate of drug-likeness (QED) is 0.165. The Labute approximate surface area is 184 Å². The Morgan fingerprint density at radius 3 is 2.44 bits per heavy atom. The molecule has 1 atom stereocenters. The maximum atomic E-state index is 14.7. The number of aliphatic hydroxyl groups is 1. The first-order valence-corrected chi connectivity index (χ1v) is 10.1. The topological polar surface area (TPSA) is 110 Å². The molecule has 0 aliphatic carbocycles. The summed E-state index contributed by atoms with van der Waals surface area (Å²) in [6.45, 7) is 4.20. The molecule has 2 aromatic rings. The molecule has 0 saturated carbocycles. The van der Waals surface area contributed by atoms with E-state index in [9.17, 15) is 29.2 Å². The maximum Gasteiger partial charge on any atom is 0.295 e. The minimum Gasteiger partial charge on any atom is -0.507 e. The van der Waals surface area contributed by atoms with Gasteiger partial charge in [0.1, 0.15) is 11.6 Å². The van der Waals surface area contributed by atoms with Crippen molar-refractivity contribution in [1.82, 2.24) is 4.90 Å². The minimum absolute atomic E-state index is 0.00471. The summed E-state index contributed by atoms with van der Waals surface area (Å²) in [4.78, 5) is 37.2. The van der Waals surface area contributed by atoms with Crippen LogP contribution in [-0.4, -0.2) is 45.9 Å². The fourth-order valence-electron chi connectivity index (χ4n) is 3.58. The fraction of sp³-hybridized carbons (Fsp3) is 0.304. The Balaban J connectivity index is 2.05. The smallest absolute Gasteiger partial charge is 0.295 e. The first-order chi connectivity index (χ1) is 15.2. The van der Waals surface area contributed by atoms with E-state index in [-0.39, 0.29) is 35.0 Å². The van der Waals surface area contributed by atoms with Crippen molar-refractivity contribution in [2.75, 3.05) is 13.2 Å². The summed E-state index contributed by atoms with van der Waals surface area (Å²) in [7, 11) is 0. The minimum atomic E-state index is -1.13. The largest absolute Gasteiger partial charge is 0.507 e. The summed E-state index contributed by atoms with van der Waals surface area (Å²) in [6.07, 6.45) is 0.406. The van der Waals surface area contributed by atoms with Crippen LogP contribution < -0.4 is 0 Å². The molecule has 9 heteroatoms. The van der Waals surface area contributed by atoms with Crippen molar-refractivity contribution in [3.05, 3.63) is 81.2 Å². The van der Waals surface area contributed by atoms with E-state index in [0.717, 1.165) is 0 Å². The van der Waals surface area contributed by atoms with Crippen molar-refractivity contribution in [3.63, 3.8) is 0 Å². The molecule has 0 unspecified atom stereocenters. The molecule has 1 N–H and O–H groups in total. The number of nitro groups is 1. The summed E-state index contributed by atoms with van der Waals surface area (Å²) in [5, 5.41) is 21.8. The molecule has 0 aromatic heterocycles. The van der Waals surface area contributed by atoms with Crippen LogP contribution in [-0.2, 0) is 14.3 Å². The van der Waals surface area contributed by atoms with E-state index < -0.39 is 34.2 Å². The van der Waals surface area contributed by atoms with E-state index in [4.69, 9.17) is 4.74 Å². The molecule has 1 fully saturated rings. The van der Waals surface area contributed by atoms with Crippen LogP contribution in [0.25, 0.3) is 5.76 Å². The number of amides is 1. The number of non-ortho nitro benzene ring substituents is 1. The number of Topliss-reactive ketones (excluding diaryl/α,β-unsaturated/α-hetero) is 1. The first-order valence-electron chi connectivity index (χ1n) is 10.1. The second kappa shape index (κ2) is 9.69. The Morgan fingerprint density at radius 1 is 1.19 bits per heavy atom. The highest BCUT2D eigenvalue weighted by Gasteiger charge is 2.46. The van der Waals surface area contributed by atoms with Gasteiger partial charge in [0.15, 0.2) is 0 Å². The number of halogens is 1. The molecule has 2 aromatic carbocycles. The predicted octanol–water partition coefficient (Wildman–Crippen LogP) is 3.97. The number of aliphatic hydroxyl groups excluding tert-OH is 1. The summed E-state index contributed by atoms with van der Waals surface area (Å²) in [6, 6.07) is 9.48. The average molecular weight is 442 g/mol. The van der Waals surface area contributed by atoms with Gasteiger partial charge in [0, 0.05) is 36.4 Å². The molecule has 1 amide bonds. The van der Waals surface area contributed by atoms with Gasteiger partial charge < -0.3 is 14.7 Å². The maximum absolute atomic E-state index is 14.7. The highest BCUT2D eigenvalue weighted by molar-refractivity contribution is 6.46. The van der Waals surface area contributed by atoms with E-state index in [2.05, 4.69) is 0 Å². The molecule has 1 heterocycles. The third-order valence-corrected chi connectivity index (χ3v) is 5.09. The number of carbonyl (C=O) groups is 2. The van der Waals surface area contributed by atoms with Gasteiger partial charge in [-0.2, -0.15) is 0 Å². The Hall–Kier alpha value is -3.59. The number of nitrogens with zero attached hydrogens (tertiary/aromatic N) is 2. The van der Waals surface area contributed by atoms with Crippen LogP contribution >= 0.6 is 0 Å². The van der Waals surface area contributed by atoms with Gasteiger partial charge >= 0.3 is 0 Å². The highest BCUT2D eigenvalue weighted by Crippen LogP contribution is 2.40. The van der Waals surface area contributed by atoms with Gasteiger partial charge in [-0.05, 0) is 38.5 Å². The normalized spacial score (nSPS) is 17.9. The molecule has 1 saturated heterocycles. The Bertz CT molecular complexity index is 1060. The molecule has 0 spiro atoms. The molecular weight excluding hydrogens is 419 g/mol. The number of carbonyl (C=O) groups excluding carboxylic acids is 2. The summed E-state index contributed by atoms with van der Waals surface area (Å²) >= 11 is 0. The molecule has 8 nitrogen and oxygen atoms in total. The second-order valence-electron chi connectivity index (χ2n) is 7.59. The number of nitro benzene ring substituents is 1. The molecule has 1 aliphatic heterocycles. The molecule has 1 aliphatic rings. The van der Waals surface area contributed by atoms with Gasteiger partial charge in [0.05, 0.1) is 22.6 Å². The van der Waals surface area contributed by atoms with E-state index in [1.54, 1.807) is 6.07 Å². The van der Waals surface area contributed by atoms with Crippen LogP contribution in [0.3, 0.4) is 0 Å². The van der Waals surface area contributed by atoms with E-state index >= 15 is 0 Å². The Kier molecular flexibility index (Phi) is 6.99. The summed E-state index contributed by atoms with van der Waals surface area (Å²) in [5.41, 5.74) is -0.283. The van der Waals surface area contributed by atoms with Crippen molar-refractivity contribution < 1.29 is 28.7 Å². The van der Waals surface area contributed by atoms with Gasteiger partial charge in [-0.15, -0.1) is 0 Å². The van der Waals surface area contributed by atoms with Crippen LogP contribution in [0, 0.1) is 15.9 Å². The van der Waals surface area contributed by atoms with Crippen LogP contribution in [0.1, 0.15) is 37.4 Å². The van der Waals surface area contributed by atoms with Crippen molar-refractivity contribution in [2.45, 2.75) is 32.4 Å². The van der Waals surface area contributed by atoms with Crippen LogP contribution in [0.4, 0.5) is 10.1 Å². The van der Waals surface area contributed by atoms with Gasteiger partial charge in [-0.25, -0.2) is 4.39 Å². The highest BCUT2D eigenvalue weighted by atomic mass is 19.1. The van der Waals surface area contributed by atoms with Crippen LogP contribution in [0.2, 0.25) is 0 Å². The number of rotatable bonds is 8. The average Bonchev–Trinajstić information content (AvgIpc) is 3.01. The zero-order chi connectivity index (χ0) is 23.4. The lowest BCUT2D eigenvalue weighted by atomic mass is 9.95. The van der Waals surface area contributed by atoms with Gasteiger partial charge in [-0.1, -0.05) is 18.2 Å². The van der Waals surface area contributed by atoms with Gasteiger partial charge in [0.2, 0.25) is 0 Å². The third kappa shape index (κ3) is 4.67. The van der Waals surface area contributed by atoms with Gasteiger partial charge in [-0.3, -0.25) is 19.7 Å². The number of hydrogen-bond donors (Lipinski definition) is 1. The predicted molar refractivity (Wildman–Crippen MR) is 114 cm³/mol. The van der Waals surface area contributed by atoms with Crippen LogP contribution in [0.15, 0.2) is 54.1 Å². The zero-order valence-corrected chi connectivity index (χ0v) is 17.7. The van der Waals surface area contributed by atoms with Crippen molar-refractivity contribution >= 4 is 23.1 Å². The van der Waals surface area contributed by atoms with E-state index in [1.807, 2.05) is 13.8 Å². The van der Waals surface area contributed by atoms with E-state index in [1.165, 1.54) is 47.4 Å². The number of hydrogen-bond acceptors (Lipinski definition) is 6. The summed E-state index contributed by atoms with van der Waals surface area (Å²) < 4.78 is 20.2. The third-order valence-electron chi connectivity index (χ3n) is 5.09. The fourth-order valence-corrected chi connectivity index (χ4v) is 3.58. The SMILES string of the molecule is CC(C)OCCCN1C(=O)C(=O)C(=C(O)c2ccc([N+](=O)[O-])cc2)[C@@H]1c1ccccc1F. The standard InChI is InChI=1S/C23H23FN2O6/c1-14(2)32-13-5-12-25-20(17-6-3-4-7-18(17)24)19(22(28)23(25)29)21(27)15-8-10-16(11-9-15)26(30)31/h3-4,6-11,14,20,27H,5,12-13H2,1-2H3/t20-/m0/s1. The molecule has 0 bridgehead atoms. The zero-order valence-electron chi connectivity index (χ0n) is 17.7. The Morgan fingerprint density at radius 2 is 1.84 bits per heavy atom. The molecule has 32 heavy (non-hydrogen) atoms. The number of ketones is 1. The van der Waals surface area contributed by atoms with E-state index in [0.29, 0.717) is 13.0 Å². The molecular formula is C23H23FN2O6. The molecule has 168 valence electrons. The van der Waals surface area contributed by atoms with Gasteiger partial charge in [0.25, 0.3) is 17.4 Å². The molecule has 0 radical (unpaired) electrons.